The van der Waals surface area contributed by atoms with Gasteiger partial charge in [0.05, 0.1) is 24.4 Å². The number of carbonyl (C=O) groups is 8. The molecule has 2 saturated heterocycles. The Kier molecular flexibility index (Phi) is 17.4. The van der Waals surface area contributed by atoms with Crippen LogP contribution in [0.1, 0.15) is 124 Å². The Morgan fingerprint density at radius 2 is 1.69 bits per heavy atom. The molecule has 13 atom stereocenters. The Bertz CT molecular complexity index is 2130. The predicted molar refractivity (Wildman–Crippen MR) is 255 cm³/mol. The van der Waals surface area contributed by atoms with E-state index in [2.05, 4.69) is 29.8 Å². The zero-order chi connectivity index (χ0) is 51.3. The molecule has 19 nitrogen and oxygen atoms in total. The highest BCUT2D eigenvalue weighted by Crippen LogP contribution is 2.69. The van der Waals surface area contributed by atoms with Crippen molar-refractivity contribution in [2.75, 3.05) is 33.4 Å². The van der Waals surface area contributed by atoms with Crippen LogP contribution in [0.15, 0.2) is 36.0 Å². The second kappa shape index (κ2) is 22.9. The van der Waals surface area contributed by atoms with Crippen molar-refractivity contribution in [3.05, 3.63) is 36.0 Å². The molecule has 4 aliphatic carbocycles. The first-order valence-corrected chi connectivity index (χ1v) is 25.8. The smallest absolute Gasteiger partial charge is 0.328 e. The SMILES string of the molecule is COCC(=O)[C@@]12OC(CCC3CCCC(COC(=O)[C@H](CCCNC(N)=O)NC(=O)C(NC(=O)CCCCCN4C(=O)C=CC4=O)C(C)C)O3)O[C@@H]1CC1[C@@H]3CCC4=CC(=O)C=C[C@]4(C)C3[C@@H](O)C[C@@]12C. The average molecular weight is 994 g/mol. The van der Waals surface area contributed by atoms with Crippen LogP contribution in [-0.2, 0) is 57.2 Å². The number of esters is 1. The maximum Gasteiger partial charge on any atom is 0.328 e. The van der Waals surface area contributed by atoms with Gasteiger partial charge in [0.1, 0.15) is 25.3 Å². The van der Waals surface area contributed by atoms with Gasteiger partial charge in [-0.2, -0.15) is 0 Å². The molecule has 19 heteroatoms. The molecule has 3 aliphatic heterocycles. The lowest BCUT2D eigenvalue weighted by atomic mass is 9.46. The minimum Gasteiger partial charge on any atom is -0.461 e. The van der Waals surface area contributed by atoms with Gasteiger partial charge in [-0.05, 0) is 107 Å². The summed E-state index contributed by atoms with van der Waals surface area (Å²) in [6.07, 6.45) is 13.0. The number of imide groups is 1. The third-order valence-corrected chi connectivity index (χ3v) is 16.6. The van der Waals surface area contributed by atoms with Crippen molar-refractivity contribution in [3.8, 4) is 0 Å². The molecule has 392 valence electrons. The second-order valence-corrected chi connectivity index (χ2v) is 21.5. The number of aliphatic hydroxyl groups excluding tert-OH is 1. The first kappa shape index (κ1) is 54.0. The number of unbranched alkanes of at least 4 members (excludes halogenated alkanes) is 2. The summed E-state index contributed by atoms with van der Waals surface area (Å²) in [5.74, 6) is -2.86. The number of allylic oxidation sites excluding steroid dienone is 4. The number of amides is 6. The lowest BCUT2D eigenvalue weighted by molar-refractivity contribution is -0.202. The van der Waals surface area contributed by atoms with Crippen molar-refractivity contribution in [3.63, 3.8) is 0 Å². The van der Waals surface area contributed by atoms with E-state index >= 15 is 0 Å². The van der Waals surface area contributed by atoms with Crippen molar-refractivity contribution in [1.82, 2.24) is 20.9 Å². The molecule has 0 radical (unpaired) electrons. The molecule has 7 aliphatic rings. The molecular weight excluding hydrogens is 919 g/mol. The van der Waals surface area contributed by atoms with E-state index in [1.165, 1.54) is 19.3 Å². The quantitative estimate of drug-likeness (QED) is 0.0558. The zero-order valence-corrected chi connectivity index (χ0v) is 42.0. The number of hydrogen-bond donors (Lipinski definition) is 5. The van der Waals surface area contributed by atoms with Crippen molar-refractivity contribution in [2.45, 2.75) is 172 Å². The van der Waals surface area contributed by atoms with E-state index in [9.17, 15) is 43.5 Å². The third-order valence-electron chi connectivity index (χ3n) is 16.6. The fourth-order valence-electron chi connectivity index (χ4n) is 13.1. The topological polar surface area (TPSA) is 268 Å². The number of fused-ring (bicyclic) bond motifs is 7. The number of carbonyl (C=O) groups excluding carboxylic acids is 8. The van der Waals surface area contributed by atoms with E-state index in [0.29, 0.717) is 57.8 Å². The number of Topliss-reactive ketones (excluding diaryl/α,β-unsaturated/α-hetero) is 1. The Balaban J connectivity index is 0.911. The number of methoxy groups -OCH3 is 1. The van der Waals surface area contributed by atoms with Crippen LogP contribution in [0.5, 0.6) is 0 Å². The summed E-state index contributed by atoms with van der Waals surface area (Å²) in [5.41, 5.74) is 3.80. The van der Waals surface area contributed by atoms with Gasteiger partial charge in [0, 0.05) is 61.9 Å². The standard InChI is InChI=1S/C52H75N5O14/c1-30(2)46(56-41(61)14-7-6-8-24-57-42(62)18-19-43(57)63)47(64)55-37(13-10-23-54-49(53)66)48(65)68-28-34-12-9-11-33(69-34)16-20-44-70-40-26-36-35-17-15-31-25-32(58)21-22-50(31,3)45(35)38(59)27-51(36,4)52(40,71-44)39(60)29-67-5/h18-19,21-22,25,30,33-38,40,44-46,59H,6-17,20,23-24,26-29H2,1-5H3,(H,55,64)(H,56,61)(H3,53,54,66)/t33?,34?,35-,36?,37-,38-,40+,44?,45?,46?,50-,51-,52+/m0/s1. The van der Waals surface area contributed by atoms with Crippen LogP contribution >= 0.6 is 0 Å². The molecule has 0 aromatic rings. The van der Waals surface area contributed by atoms with Crippen LogP contribution in [0.25, 0.3) is 0 Å². The van der Waals surface area contributed by atoms with Crippen LogP contribution in [0.3, 0.4) is 0 Å². The van der Waals surface area contributed by atoms with Crippen molar-refractivity contribution in [1.29, 1.82) is 0 Å². The minimum absolute atomic E-state index is 0.0252. The molecule has 6 amide bonds. The molecule has 6 unspecified atom stereocenters. The normalized spacial score (nSPS) is 33.6. The van der Waals surface area contributed by atoms with Crippen LogP contribution in [0.4, 0.5) is 4.79 Å². The lowest BCUT2D eigenvalue weighted by Gasteiger charge is -2.59. The number of urea groups is 1. The van der Waals surface area contributed by atoms with E-state index < -0.39 is 71.0 Å². The number of primary amides is 1. The number of rotatable bonds is 23. The summed E-state index contributed by atoms with van der Waals surface area (Å²) in [7, 11) is 1.49. The second-order valence-electron chi connectivity index (χ2n) is 21.5. The molecule has 7 rings (SSSR count). The van der Waals surface area contributed by atoms with E-state index in [4.69, 9.17) is 29.4 Å². The Hall–Kier alpha value is -4.82. The molecule has 3 saturated carbocycles. The Labute approximate surface area is 416 Å². The predicted octanol–water partition coefficient (Wildman–Crippen LogP) is 3.39. The molecule has 3 heterocycles. The monoisotopic (exact) mass is 994 g/mol. The van der Waals surface area contributed by atoms with Gasteiger partial charge in [0.15, 0.2) is 23.5 Å². The van der Waals surface area contributed by atoms with Gasteiger partial charge in [-0.1, -0.05) is 45.8 Å². The summed E-state index contributed by atoms with van der Waals surface area (Å²) >= 11 is 0. The van der Waals surface area contributed by atoms with Gasteiger partial charge in [0.2, 0.25) is 11.8 Å². The summed E-state index contributed by atoms with van der Waals surface area (Å²) in [6.45, 7) is 7.94. The number of nitrogens with zero attached hydrogens (tertiary/aromatic N) is 1. The molecule has 0 aromatic carbocycles. The first-order chi connectivity index (χ1) is 33.8. The summed E-state index contributed by atoms with van der Waals surface area (Å²) in [5, 5.41) is 20.1. The Morgan fingerprint density at radius 1 is 0.944 bits per heavy atom. The largest absolute Gasteiger partial charge is 0.461 e. The van der Waals surface area contributed by atoms with Gasteiger partial charge < -0.3 is 50.5 Å². The number of nitrogens with one attached hydrogen (secondary N) is 3. The number of ketones is 2. The molecule has 71 heavy (non-hydrogen) atoms. The average Bonchev–Trinajstić information content (AvgIpc) is 3.94. The van der Waals surface area contributed by atoms with Crippen molar-refractivity contribution < 1.29 is 67.1 Å². The number of aliphatic hydroxyl groups is 1. The number of hydrogen-bond acceptors (Lipinski definition) is 14. The van der Waals surface area contributed by atoms with Gasteiger partial charge in [-0.15, -0.1) is 0 Å². The van der Waals surface area contributed by atoms with Gasteiger partial charge in [-0.25, -0.2) is 9.59 Å². The molecule has 0 spiro atoms. The first-order valence-electron chi connectivity index (χ1n) is 25.8. The fourth-order valence-corrected chi connectivity index (χ4v) is 13.1. The van der Waals surface area contributed by atoms with E-state index in [1.54, 1.807) is 26.0 Å². The third kappa shape index (κ3) is 11.5. The number of nitrogens with two attached hydrogens (primary N) is 1. The molecular formula is C52H75N5O14. The molecule has 5 fully saturated rings. The highest BCUT2D eigenvalue weighted by molar-refractivity contribution is 6.12. The van der Waals surface area contributed by atoms with Gasteiger partial charge in [0.25, 0.3) is 11.8 Å². The van der Waals surface area contributed by atoms with Crippen LogP contribution in [0, 0.1) is 34.5 Å². The van der Waals surface area contributed by atoms with E-state index in [0.717, 1.165) is 36.2 Å². The molecule has 0 bridgehead atoms. The number of ether oxygens (including phenoxy) is 5. The van der Waals surface area contributed by atoms with E-state index in [1.807, 2.05) is 6.08 Å². The summed E-state index contributed by atoms with van der Waals surface area (Å²) in [6, 6.07) is -2.79. The lowest BCUT2D eigenvalue weighted by Crippen LogP contribution is -2.63. The van der Waals surface area contributed by atoms with Crippen LogP contribution in [-0.4, -0.2) is 139 Å². The summed E-state index contributed by atoms with van der Waals surface area (Å²) < 4.78 is 31.2. The van der Waals surface area contributed by atoms with Gasteiger partial charge in [-0.3, -0.25) is 33.7 Å². The Morgan fingerprint density at radius 3 is 2.41 bits per heavy atom. The maximum atomic E-state index is 14.3. The molecule has 6 N–H and O–H groups in total. The van der Waals surface area contributed by atoms with Crippen LogP contribution < -0.4 is 21.7 Å². The fraction of sp³-hybridized carbons (Fsp3) is 0.731. The zero-order valence-electron chi connectivity index (χ0n) is 42.0. The van der Waals surface area contributed by atoms with Crippen molar-refractivity contribution in [2.24, 2.45) is 40.2 Å². The summed E-state index contributed by atoms with van der Waals surface area (Å²) in [4.78, 5) is 103. The molecule has 0 aromatic heterocycles. The van der Waals surface area contributed by atoms with Crippen molar-refractivity contribution >= 4 is 47.2 Å². The minimum atomic E-state index is -1.31. The highest BCUT2D eigenvalue weighted by atomic mass is 16.7. The van der Waals surface area contributed by atoms with E-state index in [-0.39, 0.29) is 98.2 Å². The highest BCUT2D eigenvalue weighted by Gasteiger charge is 2.75. The van der Waals surface area contributed by atoms with Crippen LogP contribution in [0.2, 0.25) is 0 Å². The van der Waals surface area contributed by atoms with Gasteiger partial charge >= 0.3 is 12.0 Å². The maximum absolute atomic E-state index is 14.3.